The number of carbonyl (C=O) groups is 2. The van der Waals surface area contributed by atoms with E-state index in [1.807, 2.05) is 73.3 Å². The van der Waals surface area contributed by atoms with Gasteiger partial charge in [0.2, 0.25) is 5.91 Å². The van der Waals surface area contributed by atoms with E-state index in [0.717, 1.165) is 73.4 Å². The van der Waals surface area contributed by atoms with Crippen LogP contribution in [0.25, 0.3) is 39.5 Å². The SMILES string of the molecule is CN(C)C(=O)C1CCN(c2cccc(-c3ccc4nc(-c5cccnc5N)n(-c5ccc(C6(NC(=O)O)CCC6)cc5)c4n3)c2)CC1. The molecule has 0 spiro atoms. The molecule has 2 amide bonds. The van der Waals surface area contributed by atoms with E-state index in [1.54, 1.807) is 11.1 Å². The number of nitrogens with two attached hydrogens (primary N) is 1. The van der Waals surface area contributed by atoms with Crippen LogP contribution in [0.4, 0.5) is 16.3 Å². The minimum atomic E-state index is -1.02. The molecule has 0 unspecified atom stereocenters. The number of benzene rings is 2. The molecular weight excluding hydrogens is 592 g/mol. The molecule has 11 heteroatoms. The largest absolute Gasteiger partial charge is 0.465 e. The summed E-state index contributed by atoms with van der Waals surface area (Å²) in [6.45, 7) is 1.64. The van der Waals surface area contributed by atoms with Crippen LogP contribution in [0.5, 0.6) is 0 Å². The van der Waals surface area contributed by atoms with Crippen molar-refractivity contribution in [3.8, 4) is 28.3 Å². The molecule has 1 saturated heterocycles. The quantitative estimate of drug-likeness (QED) is 0.208. The van der Waals surface area contributed by atoms with Gasteiger partial charge in [0.25, 0.3) is 0 Å². The predicted octanol–water partition coefficient (Wildman–Crippen LogP) is 5.68. The summed E-state index contributed by atoms with van der Waals surface area (Å²) in [5, 5.41) is 12.2. The van der Waals surface area contributed by atoms with E-state index in [9.17, 15) is 14.7 Å². The van der Waals surface area contributed by atoms with Crippen LogP contribution in [0.15, 0.2) is 79.0 Å². The lowest BCUT2D eigenvalue weighted by molar-refractivity contribution is -0.133. The zero-order valence-electron chi connectivity index (χ0n) is 26.6. The normalized spacial score (nSPS) is 16.1. The molecule has 1 aliphatic heterocycles. The summed E-state index contributed by atoms with van der Waals surface area (Å²) in [4.78, 5) is 42.5. The number of anilines is 2. The fourth-order valence-electron chi connectivity index (χ4n) is 6.91. The third kappa shape index (κ3) is 5.62. The molecule has 4 N–H and O–H groups in total. The third-order valence-corrected chi connectivity index (χ3v) is 9.61. The minimum absolute atomic E-state index is 0.0681. The first-order valence-corrected chi connectivity index (χ1v) is 16.0. The van der Waals surface area contributed by atoms with Crippen LogP contribution >= 0.6 is 0 Å². The Morgan fingerprint density at radius 1 is 0.957 bits per heavy atom. The van der Waals surface area contributed by atoms with E-state index in [0.29, 0.717) is 28.4 Å². The lowest BCUT2D eigenvalue weighted by Gasteiger charge is -2.42. The van der Waals surface area contributed by atoms with Gasteiger partial charge in [0.15, 0.2) is 11.5 Å². The Kier molecular flexibility index (Phi) is 7.75. The van der Waals surface area contributed by atoms with Crippen molar-refractivity contribution < 1.29 is 14.7 Å². The van der Waals surface area contributed by atoms with Crippen LogP contribution in [0.1, 0.15) is 37.7 Å². The number of fused-ring (bicyclic) bond motifs is 1. The standard InChI is InChI=1S/C36H38N8O3/c1-42(2)34(45)23-15-20-43(21-16-23)27-7-3-6-24(22-27)29-13-14-30-33(39-29)44(32(40-30)28-8-4-19-38-31(28)37)26-11-9-25(10-12-26)36(17-5-18-36)41-35(46)47/h3-4,6-14,19,22-23,41H,5,15-18,20-21H2,1-2H3,(H2,37,38)(H,46,47). The van der Waals surface area contributed by atoms with Gasteiger partial charge in [-0.2, -0.15) is 0 Å². The molecule has 2 aromatic carbocycles. The molecule has 240 valence electrons. The molecular formula is C36H38N8O3. The summed E-state index contributed by atoms with van der Waals surface area (Å²) in [5.41, 5.74) is 12.5. The fraction of sp³-hybridized carbons (Fsp3) is 0.306. The molecule has 1 saturated carbocycles. The van der Waals surface area contributed by atoms with E-state index in [-0.39, 0.29) is 11.8 Å². The molecule has 4 heterocycles. The lowest BCUT2D eigenvalue weighted by atomic mass is 9.72. The number of nitrogens with one attached hydrogen (secondary N) is 1. The summed E-state index contributed by atoms with van der Waals surface area (Å²) in [7, 11) is 3.64. The van der Waals surface area contributed by atoms with E-state index in [4.69, 9.17) is 15.7 Å². The van der Waals surface area contributed by atoms with Gasteiger partial charge in [-0.05, 0) is 86.2 Å². The van der Waals surface area contributed by atoms with E-state index in [1.165, 1.54) is 0 Å². The number of amides is 2. The van der Waals surface area contributed by atoms with Gasteiger partial charge in [-0.1, -0.05) is 24.3 Å². The fourth-order valence-corrected chi connectivity index (χ4v) is 6.91. The van der Waals surface area contributed by atoms with Crippen molar-refractivity contribution in [2.75, 3.05) is 37.8 Å². The molecule has 2 fully saturated rings. The third-order valence-electron chi connectivity index (χ3n) is 9.61. The average molecular weight is 631 g/mol. The highest BCUT2D eigenvalue weighted by Gasteiger charge is 2.40. The smallest absolute Gasteiger partial charge is 0.405 e. The van der Waals surface area contributed by atoms with Crippen molar-refractivity contribution in [2.45, 2.75) is 37.6 Å². The number of rotatable bonds is 7. The van der Waals surface area contributed by atoms with Crippen molar-refractivity contribution in [2.24, 2.45) is 5.92 Å². The molecule has 5 aromatic rings. The van der Waals surface area contributed by atoms with E-state index < -0.39 is 11.6 Å². The van der Waals surface area contributed by atoms with E-state index >= 15 is 0 Å². The van der Waals surface area contributed by atoms with Crippen LogP contribution < -0.4 is 16.0 Å². The zero-order valence-corrected chi connectivity index (χ0v) is 26.6. The summed E-state index contributed by atoms with van der Waals surface area (Å²) in [6.07, 6.45) is 4.80. The number of piperidine rings is 1. The number of aromatic nitrogens is 4. The minimum Gasteiger partial charge on any atom is -0.465 e. The summed E-state index contributed by atoms with van der Waals surface area (Å²) >= 11 is 0. The van der Waals surface area contributed by atoms with Crippen molar-refractivity contribution >= 4 is 34.7 Å². The Morgan fingerprint density at radius 3 is 2.38 bits per heavy atom. The molecule has 11 nitrogen and oxygen atoms in total. The van der Waals surface area contributed by atoms with Crippen LogP contribution in [-0.2, 0) is 10.3 Å². The number of carboxylic acid groups (broad SMARTS) is 1. The Labute approximate surface area is 273 Å². The molecule has 7 rings (SSSR count). The Bertz CT molecular complexity index is 1960. The summed E-state index contributed by atoms with van der Waals surface area (Å²) in [5.74, 6) is 1.25. The molecule has 1 aliphatic carbocycles. The number of pyridine rings is 2. The Morgan fingerprint density at radius 2 is 1.72 bits per heavy atom. The Balaban J connectivity index is 1.26. The summed E-state index contributed by atoms with van der Waals surface area (Å²) in [6, 6.07) is 24.0. The topological polar surface area (TPSA) is 142 Å². The maximum Gasteiger partial charge on any atom is 0.405 e. The van der Waals surface area contributed by atoms with Crippen molar-refractivity contribution in [3.05, 3.63) is 84.6 Å². The first-order valence-electron chi connectivity index (χ1n) is 16.0. The molecule has 2 aliphatic rings. The highest BCUT2D eigenvalue weighted by atomic mass is 16.4. The highest BCUT2D eigenvalue weighted by molar-refractivity contribution is 5.85. The van der Waals surface area contributed by atoms with Crippen molar-refractivity contribution in [1.29, 1.82) is 0 Å². The van der Waals surface area contributed by atoms with Gasteiger partial charge in [-0.25, -0.2) is 19.7 Å². The highest BCUT2D eigenvalue weighted by Crippen LogP contribution is 2.42. The van der Waals surface area contributed by atoms with Crippen LogP contribution in [0, 0.1) is 5.92 Å². The molecule has 3 aromatic heterocycles. The van der Waals surface area contributed by atoms with Crippen LogP contribution in [-0.4, -0.2) is 68.7 Å². The zero-order chi connectivity index (χ0) is 32.7. The molecule has 0 atom stereocenters. The van der Waals surface area contributed by atoms with Crippen LogP contribution in [0.3, 0.4) is 0 Å². The van der Waals surface area contributed by atoms with E-state index in [2.05, 4.69) is 33.4 Å². The number of nitrogens with zero attached hydrogens (tertiary/aromatic N) is 6. The van der Waals surface area contributed by atoms with Gasteiger partial charge < -0.3 is 26.0 Å². The second kappa shape index (κ2) is 12.1. The van der Waals surface area contributed by atoms with Gasteiger partial charge in [0, 0.05) is 56.2 Å². The number of imidazole rings is 1. The molecule has 47 heavy (non-hydrogen) atoms. The lowest BCUT2D eigenvalue weighted by Crippen LogP contribution is -2.50. The second-order valence-electron chi connectivity index (χ2n) is 12.7. The van der Waals surface area contributed by atoms with Crippen molar-refractivity contribution in [1.82, 2.24) is 29.7 Å². The molecule has 0 bridgehead atoms. The number of hydrogen-bond acceptors (Lipinski definition) is 7. The summed E-state index contributed by atoms with van der Waals surface area (Å²) < 4.78 is 1.99. The van der Waals surface area contributed by atoms with Gasteiger partial charge in [0.05, 0.1) is 16.8 Å². The maximum atomic E-state index is 12.5. The number of nitrogen functional groups attached to an aromatic ring is 1. The van der Waals surface area contributed by atoms with Gasteiger partial charge in [-0.15, -0.1) is 0 Å². The molecule has 0 radical (unpaired) electrons. The van der Waals surface area contributed by atoms with Crippen molar-refractivity contribution in [3.63, 3.8) is 0 Å². The van der Waals surface area contributed by atoms with Gasteiger partial charge in [0.1, 0.15) is 11.3 Å². The maximum absolute atomic E-state index is 12.5. The Hall–Kier alpha value is -5.45. The monoisotopic (exact) mass is 630 g/mol. The number of carbonyl (C=O) groups excluding carboxylic acids is 1. The van der Waals surface area contributed by atoms with Crippen LogP contribution in [0.2, 0.25) is 0 Å². The van der Waals surface area contributed by atoms with Gasteiger partial charge in [-0.3, -0.25) is 9.36 Å². The van der Waals surface area contributed by atoms with Gasteiger partial charge >= 0.3 is 6.09 Å². The predicted molar refractivity (Wildman–Crippen MR) is 182 cm³/mol. The first kappa shape index (κ1) is 30.2. The first-order chi connectivity index (χ1) is 22.7. The second-order valence-corrected chi connectivity index (χ2v) is 12.7. The number of hydrogen-bond donors (Lipinski definition) is 3. The average Bonchev–Trinajstić information content (AvgIpc) is 3.45.